The number of hydrogen-bond acceptors (Lipinski definition) is 2. The number of aliphatic hydroxyl groups excluding tert-OH is 1. The van der Waals surface area contributed by atoms with E-state index in [9.17, 15) is 13.9 Å². The van der Waals surface area contributed by atoms with E-state index in [4.69, 9.17) is 4.74 Å². The van der Waals surface area contributed by atoms with Gasteiger partial charge in [0.2, 0.25) is 0 Å². The SMILES string of the molecule is C=C(/C(F)=C(/F)C(=C)C(C)CCC(C)OC)C(C)CCC(C)O.CCC. The molecule has 2 nitrogen and oxygen atoms in total. The van der Waals surface area contributed by atoms with Gasteiger partial charge in [0, 0.05) is 7.11 Å². The molecule has 0 heterocycles. The van der Waals surface area contributed by atoms with E-state index in [-0.39, 0.29) is 29.1 Å². The summed E-state index contributed by atoms with van der Waals surface area (Å²) in [5.74, 6) is -2.22. The Bertz CT molecular complexity index is 441. The molecule has 0 saturated carbocycles. The van der Waals surface area contributed by atoms with E-state index in [2.05, 4.69) is 27.0 Å². The second kappa shape index (κ2) is 15.1. The zero-order valence-corrected chi connectivity index (χ0v) is 17.9. The van der Waals surface area contributed by atoms with Gasteiger partial charge in [-0.05, 0) is 62.5 Å². The fraction of sp³-hybridized carbons (Fsp3) is 0.727. The van der Waals surface area contributed by atoms with Crippen LogP contribution in [0.3, 0.4) is 0 Å². The van der Waals surface area contributed by atoms with E-state index in [1.54, 1.807) is 21.0 Å². The molecule has 4 atom stereocenters. The summed E-state index contributed by atoms with van der Waals surface area (Å²) in [5, 5.41) is 9.28. The van der Waals surface area contributed by atoms with Crippen LogP contribution in [0.25, 0.3) is 0 Å². The van der Waals surface area contributed by atoms with Gasteiger partial charge in [-0.3, -0.25) is 0 Å². The molecule has 0 amide bonds. The van der Waals surface area contributed by atoms with Crippen molar-refractivity contribution in [2.24, 2.45) is 11.8 Å². The first-order chi connectivity index (χ1) is 12.0. The predicted octanol–water partition coefficient (Wildman–Crippen LogP) is 6.91. The number of methoxy groups -OCH3 is 1. The van der Waals surface area contributed by atoms with Gasteiger partial charge in [-0.2, -0.15) is 0 Å². The highest BCUT2D eigenvalue weighted by atomic mass is 19.2. The second-order valence-corrected chi connectivity index (χ2v) is 7.24. The van der Waals surface area contributed by atoms with Crippen LogP contribution in [-0.4, -0.2) is 24.4 Å². The molecule has 0 rings (SSSR count). The van der Waals surface area contributed by atoms with Crippen LogP contribution in [-0.2, 0) is 4.74 Å². The van der Waals surface area contributed by atoms with Crippen LogP contribution < -0.4 is 0 Å². The Balaban J connectivity index is 0. The quantitative estimate of drug-likeness (QED) is 0.398. The zero-order chi connectivity index (χ0) is 20.9. The average molecular weight is 375 g/mol. The van der Waals surface area contributed by atoms with Crippen molar-refractivity contribution in [2.75, 3.05) is 7.11 Å². The highest BCUT2D eigenvalue weighted by Gasteiger charge is 2.21. The normalized spacial score (nSPS) is 16.5. The molecule has 0 spiro atoms. The number of aliphatic hydroxyl groups is 1. The number of halogens is 2. The van der Waals surface area contributed by atoms with Crippen LogP contribution in [0, 0.1) is 11.8 Å². The first-order valence-corrected chi connectivity index (χ1v) is 9.67. The van der Waals surface area contributed by atoms with Gasteiger partial charge >= 0.3 is 0 Å². The molecule has 0 saturated heterocycles. The van der Waals surface area contributed by atoms with Crippen molar-refractivity contribution in [2.45, 2.75) is 85.9 Å². The van der Waals surface area contributed by atoms with E-state index in [0.29, 0.717) is 19.3 Å². The van der Waals surface area contributed by atoms with E-state index in [0.717, 1.165) is 6.42 Å². The van der Waals surface area contributed by atoms with Gasteiger partial charge in [0.1, 0.15) is 0 Å². The second-order valence-electron chi connectivity index (χ2n) is 7.24. The van der Waals surface area contributed by atoms with Crippen molar-refractivity contribution in [1.82, 2.24) is 0 Å². The molecule has 0 aromatic heterocycles. The third kappa shape index (κ3) is 11.6. The highest BCUT2D eigenvalue weighted by molar-refractivity contribution is 5.36. The largest absolute Gasteiger partial charge is 0.393 e. The van der Waals surface area contributed by atoms with Gasteiger partial charge in [0.15, 0.2) is 11.7 Å². The van der Waals surface area contributed by atoms with E-state index in [1.807, 2.05) is 13.8 Å². The minimum atomic E-state index is -0.917. The molecular formula is C22H40F2O2. The third-order valence-electron chi connectivity index (χ3n) is 4.37. The molecule has 0 bridgehead atoms. The molecule has 0 aliphatic heterocycles. The standard InChI is InChI=1S/C19H32F2O2.C3H8/c1-12(8-10-14(3)22)16(5)18(20)19(21)17(6)13(2)9-11-15(4)23-7;1-3-2/h12-15,22H,5-6,8-11H2,1-4,7H3;3H2,1-2H3/b19-18-;. The number of allylic oxidation sites excluding steroid dienone is 4. The Morgan fingerprint density at radius 2 is 1.19 bits per heavy atom. The topological polar surface area (TPSA) is 29.5 Å². The number of hydrogen-bond donors (Lipinski definition) is 1. The van der Waals surface area contributed by atoms with Gasteiger partial charge < -0.3 is 9.84 Å². The Morgan fingerprint density at radius 1 is 0.846 bits per heavy atom. The van der Waals surface area contributed by atoms with E-state index < -0.39 is 17.8 Å². The van der Waals surface area contributed by atoms with Crippen molar-refractivity contribution in [3.8, 4) is 0 Å². The van der Waals surface area contributed by atoms with Gasteiger partial charge in [-0.25, -0.2) is 8.78 Å². The summed E-state index contributed by atoms with van der Waals surface area (Å²) in [4.78, 5) is 0. The zero-order valence-electron chi connectivity index (χ0n) is 17.9. The third-order valence-corrected chi connectivity index (χ3v) is 4.37. The summed E-state index contributed by atoms with van der Waals surface area (Å²) in [7, 11) is 1.63. The van der Waals surface area contributed by atoms with Crippen LogP contribution in [0.4, 0.5) is 8.78 Å². The van der Waals surface area contributed by atoms with Crippen LogP contribution in [0.2, 0.25) is 0 Å². The van der Waals surface area contributed by atoms with E-state index in [1.165, 1.54) is 6.42 Å². The van der Waals surface area contributed by atoms with Crippen molar-refractivity contribution in [3.05, 3.63) is 36.0 Å². The first kappa shape index (κ1) is 27.2. The number of ether oxygens (including phenoxy) is 1. The molecule has 0 aliphatic carbocycles. The molecule has 0 fully saturated rings. The van der Waals surface area contributed by atoms with Crippen molar-refractivity contribution in [1.29, 1.82) is 0 Å². The molecule has 0 radical (unpaired) electrons. The van der Waals surface area contributed by atoms with Crippen LogP contribution in [0.5, 0.6) is 0 Å². The van der Waals surface area contributed by atoms with Gasteiger partial charge in [-0.1, -0.05) is 47.3 Å². The molecule has 0 aromatic rings. The van der Waals surface area contributed by atoms with Crippen molar-refractivity contribution in [3.63, 3.8) is 0 Å². The predicted molar refractivity (Wildman–Crippen MR) is 108 cm³/mol. The lowest BCUT2D eigenvalue weighted by molar-refractivity contribution is 0.106. The van der Waals surface area contributed by atoms with E-state index >= 15 is 0 Å². The Labute approximate surface area is 160 Å². The maximum absolute atomic E-state index is 14.3. The van der Waals surface area contributed by atoms with Crippen molar-refractivity contribution >= 4 is 0 Å². The summed E-state index contributed by atoms with van der Waals surface area (Å²) in [6.07, 6.45) is 3.40. The minimum Gasteiger partial charge on any atom is -0.393 e. The maximum Gasteiger partial charge on any atom is 0.161 e. The maximum atomic E-state index is 14.3. The Hall–Kier alpha value is -1.00. The summed E-state index contributed by atoms with van der Waals surface area (Å²) in [6.45, 7) is 18.8. The monoisotopic (exact) mass is 374 g/mol. The van der Waals surface area contributed by atoms with Gasteiger partial charge in [0.05, 0.1) is 12.2 Å². The first-order valence-electron chi connectivity index (χ1n) is 9.67. The van der Waals surface area contributed by atoms with Crippen molar-refractivity contribution < 1.29 is 18.6 Å². The molecule has 154 valence electrons. The Morgan fingerprint density at radius 3 is 1.50 bits per heavy atom. The smallest absolute Gasteiger partial charge is 0.161 e. The minimum absolute atomic E-state index is 0.0811. The molecule has 1 N–H and O–H groups in total. The highest BCUT2D eigenvalue weighted by Crippen LogP contribution is 2.32. The fourth-order valence-corrected chi connectivity index (χ4v) is 2.16. The molecular weight excluding hydrogens is 334 g/mol. The lowest BCUT2D eigenvalue weighted by Gasteiger charge is -2.18. The summed E-state index contributed by atoms with van der Waals surface area (Å²) in [5.41, 5.74) is 0.288. The molecule has 4 heteroatoms. The average Bonchev–Trinajstić information content (AvgIpc) is 2.61. The van der Waals surface area contributed by atoms with Crippen LogP contribution in [0.15, 0.2) is 36.0 Å². The van der Waals surface area contributed by atoms with Gasteiger partial charge in [0.25, 0.3) is 0 Å². The fourth-order valence-electron chi connectivity index (χ4n) is 2.16. The molecule has 26 heavy (non-hydrogen) atoms. The number of rotatable bonds is 11. The molecule has 0 aromatic carbocycles. The summed E-state index contributed by atoms with van der Waals surface area (Å²) < 4.78 is 33.8. The lowest BCUT2D eigenvalue weighted by atomic mass is 9.91. The van der Waals surface area contributed by atoms with Gasteiger partial charge in [-0.15, -0.1) is 0 Å². The summed E-state index contributed by atoms with van der Waals surface area (Å²) in [6, 6.07) is 0. The molecule has 0 aliphatic rings. The lowest BCUT2D eigenvalue weighted by Crippen LogP contribution is -2.10. The summed E-state index contributed by atoms with van der Waals surface area (Å²) >= 11 is 0. The van der Waals surface area contributed by atoms with Crippen LogP contribution in [0.1, 0.15) is 73.6 Å². The Kier molecular flexibility index (Phi) is 15.8. The van der Waals surface area contributed by atoms with Crippen LogP contribution >= 0.6 is 0 Å². The molecule has 4 unspecified atom stereocenters.